The normalized spacial score (nSPS) is 18.1. The number of benzene rings is 1. The van der Waals surface area contributed by atoms with E-state index >= 15 is 0 Å². The van der Waals surface area contributed by atoms with E-state index in [1.165, 1.54) is 29.8 Å². The van der Waals surface area contributed by atoms with Crippen LogP contribution in [0.3, 0.4) is 0 Å². The fourth-order valence-corrected chi connectivity index (χ4v) is 3.75. The minimum atomic E-state index is 0.672. The molecule has 5 nitrogen and oxygen atoms in total. The van der Waals surface area contributed by atoms with Crippen LogP contribution in [-0.2, 0) is 0 Å². The summed E-state index contributed by atoms with van der Waals surface area (Å²) in [5.74, 6) is 1.75. The quantitative estimate of drug-likeness (QED) is 0.737. The van der Waals surface area contributed by atoms with E-state index in [9.17, 15) is 0 Å². The highest BCUT2D eigenvalue weighted by atomic mass is 15.3. The van der Waals surface area contributed by atoms with Gasteiger partial charge in [-0.2, -0.15) is 5.10 Å². The fourth-order valence-electron chi connectivity index (χ4n) is 3.75. The maximum absolute atomic E-state index is 4.74. The minimum Gasteiger partial charge on any atom is -0.368 e. The van der Waals surface area contributed by atoms with Crippen LogP contribution in [-0.4, -0.2) is 40.8 Å². The number of fused-ring (bicyclic) bond motifs is 1. The van der Waals surface area contributed by atoms with E-state index in [0.29, 0.717) is 5.92 Å². The molecule has 128 valence electrons. The predicted molar refractivity (Wildman–Crippen MR) is 101 cm³/mol. The summed E-state index contributed by atoms with van der Waals surface area (Å²) in [7, 11) is 0. The Kier molecular flexibility index (Phi) is 3.40. The molecule has 0 bridgehead atoms. The molecule has 25 heavy (non-hydrogen) atoms. The third kappa shape index (κ3) is 2.73. The number of hydrogen-bond donors (Lipinski definition) is 0. The Morgan fingerprint density at radius 2 is 1.80 bits per heavy atom. The summed E-state index contributed by atoms with van der Waals surface area (Å²) in [5, 5.41) is 4.74. The second-order valence-electron chi connectivity index (χ2n) is 7.24. The average Bonchev–Trinajstić information content (AvgIpc) is 3.40. The molecule has 0 N–H and O–H groups in total. The number of hydrogen-bond acceptors (Lipinski definition) is 4. The Balaban J connectivity index is 1.37. The SMILES string of the molecule is Cc1cccc(N2CCN(c3nccn4nc(C5CC5)cc34)CC2)c1. The van der Waals surface area contributed by atoms with Crippen LogP contribution in [0.25, 0.3) is 5.52 Å². The lowest BCUT2D eigenvalue weighted by molar-refractivity contribution is 0.647. The summed E-state index contributed by atoms with van der Waals surface area (Å²) in [6.07, 6.45) is 6.40. The lowest BCUT2D eigenvalue weighted by Crippen LogP contribution is -2.47. The van der Waals surface area contributed by atoms with Crippen molar-refractivity contribution >= 4 is 17.0 Å². The van der Waals surface area contributed by atoms with Crippen molar-refractivity contribution in [3.8, 4) is 0 Å². The van der Waals surface area contributed by atoms with E-state index in [2.05, 4.69) is 52.0 Å². The molecule has 1 aromatic carbocycles. The number of nitrogens with zero attached hydrogens (tertiary/aromatic N) is 5. The van der Waals surface area contributed by atoms with Crippen LogP contribution in [0, 0.1) is 6.92 Å². The van der Waals surface area contributed by atoms with Crippen LogP contribution in [0.15, 0.2) is 42.7 Å². The Morgan fingerprint density at radius 1 is 1.00 bits per heavy atom. The minimum absolute atomic E-state index is 0.672. The molecule has 1 saturated carbocycles. The van der Waals surface area contributed by atoms with Gasteiger partial charge in [0.25, 0.3) is 0 Å². The zero-order chi connectivity index (χ0) is 16.8. The van der Waals surface area contributed by atoms with Gasteiger partial charge >= 0.3 is 0 Å². The van der Waals surface area contributed by atoms with Crippen molar-refractivity contribution in [3.05, 3.63) is 54.0 Å². The first-order valence-electron chi connectivity index (χ1n) is 9.19. The van der Waals surface area contributed by atoms with E-state index in [1.807, 2.05) is 16.9 Å². The summed E-state index contributed by atoms with van der Waals surface area (Å²) < 4.78 is 2.00. The molecule has 1 aliphatic heterocycles. The van der Waals surface area contributed by atoms with Crippen LogP contribution in [0.5, 0.6) is 0 Å². The number of aryl methyl sites for hydroxylation is 1. The molecule has 2 aromatic heterocycles. The summed E-state index contributed by atoms with van der Waals surface area (Å²) in [6, 6.07) is 11.0. The second-order valence-corrected chi connectivity index (χ2v) is 7.24. The van der Waals surface area contributed by atoms with Crippen molar-refractivity contribution in [2.45, 2.75) is 25.7 Å². The number of anilines is 2. The van der Waals surface area contributed by atoms with Gasteiger partial charge in [-0.25, -0.2) is 9.50 Å². The average molecular weight is 333 g/mol. The van der Waals surface area contributed by atoms with Crippen molar-refractivity contribution in [3.63, 3.8) is 0 Å². The van der Waals surface area contributed by atoms with Gasteiger partial charge in [0.2, 0.25) is 0 Å². The largest absolute Gasteiger partial charge is 0.368 e. The van der Waals surface area contributed by atoms with E-state index in [0.717, 1.165) is 37.5 Å². The standard InChI is InChI=1S/C20H23N5/c1-15-3-2-4-17(13-15)23-9-11-24(12-10-23)20-19-14-18(16-5-6-16)22-25(19)8-7-21-20/h2-4,7-8,13-14,16H,5-6,9-12H2,1H3. The van der Waals surface area contributed by atoms with E-state index in [-0.39, 0.29) is 0 Å². The maximum Gasteiger partial charge on any atom is 0.154 e. The lowest BCUT2D eigenvalue weighted by atomic mass is 10.2. The van der Waals surface area contributed by atoms with Crippen LogP contribution >= 0.6 is 0 Å². The van der Waals surface area contributed by atoms with Crippen LogP contribution in [0.4, 0.5) is 11.5 Å². The molecule has 2 fully saturated rings. The van der Waals surface area contributed by atoms with Crippen molar-refractivity contribution in [2.24, 2.45) is 0 Å². The van der Waals surface area contributed by atoms with Crippen LogP contribution < -0.4 is 9.80 Å². The van der Waals surface area contributed by atoms with Crippen LogP contribution in [0.1, 0.15) is 30.0 Å². The van der Waals surface area contributed by atoms with Gasteiger partial charge in [0.15, 0.2) is 5.82 Å². The highest BCUT2D eigenvalue weighted by molar-refractivity contribution is 5.70. The molecular weight excluding hydrogens is 310 g/mol. The summed E-state index contributed by atoms with van der Waals surface area (Å²) in [4.78, 5) is 9.55. The first kappa shape index (κ1) is 14.8. The van der Waals surface area contributed by atoms with E-state index < -0.39 is 0 Å². The van der Waals surface area contributed by atoms with Crippen molar-refractivity contribution in [1.82, 2.24) is 14.6 Å². The Labute approximate surface area is 147 Å². The van der Waals surface area contributed by atoms with Gasteiger partial charge in [-0.05, 0) is 43.5 Å². The summed E-state index contributed by atoms with van der Waals surface area (Å²) >= 11 is 0. The van der Waals surface area contributed by atoms with Gasteiger partial charge in [-0.1, -0.05) is 12.1 Å². The van der Waals surface area contributed by atoms with Gasteiger partial charge in [0, 0.05) is 50.2 Å². The van der Waals surface area contributed by atoms with Crippen molar-refractivity contribution < 1.29 is 0 Å². The van der Waals surface area contributed by atoms with E-state index in [4.69, 9.17) is 5.10 Å². The van der Waals surface area contributed by atoms with Gasteiger partial charge in [-0.3, -0.25) is 0 Å². The number of piperazine rings is 1. The molecule has 0 amide bonds. The zero-order valence-corrected chi connectivity index (χ0v) is 14.6. The van der Waals surface area contributed by atoms with Gasteiger partial charge in [-0.15, -0.1) is 0 Å². The summed E-state index contributed by atoms with van der Waals surface area (Å²) in [6.45, 7) is 6.18. The highest BCUT2D eigenvalue weighted by Crippen LogP contribution is 2.40. The topological polar surface area (TPSA) is 36.7 Å². The molecule has 2 aliphatic rings. The van der Waals surface area contributed by atoms with Crippen molar-refractivity contribution in [2.75, 3.05) is 36.0 Å². The predicted octanol–water partition coefficient (Wildman–Crippen LogP) is 3.24. The smallest absolute Gasteiger partial charge is 0.154 e. The van der Waals surface area contributed by atoms with Gasteiger partial charge in [0.1, 0.15) is 5.52 Å². The zero-order valence-electron chi connectivity index (χ0n) is 14.6. The second kappa shape index (κ2) is 5.76. The number of rotatable bonds is 3. The first-order valence-corrected chi connectivity index (χ1v) is 9.19. The monoisotopic (exact) mass is 333 g/mol. The molecule has 1 aliphatic carbocycles. The van der Waals surface area contributed by atoms with Gasteiger partial charge < -0.3 is 9.80 Å². The lowest BCUT2D eigenvalue weighted by Gasteiger charge is -2.37. The summed E-state index contributed by atoms with van der Waals surface area (Å²) in [5.41, 5.74) is 5.02. The molecule has 0 atom stereocenters. The molecule has 5 rings (SSSR count). The molecule has 3 heterocycles. The molecule has 0 unspecified atom stereocenters. The molecule has 1 saturated heterocycles. The molecule has 0 radical (unpaired) electrons. The molecule has 3 aromatic rings. The molecular formula is C20H23N5. The number of aromatic nitrogens is 3. The molecule has 0 spiro atoms. The fraction of sp³-hybridized carbons (Fsp3) is 0.400. The Bertz CT molecular complexity index is 903. The third-order valence-electron chi connectivity index (χ3n) is 5.33. The van der Waals surface area contributed by atoms with Crippen LogP contribution in [0.2, 0.25) is 0 Å². The maximum atomic E-state index is 4.74. The molecule has 5 heteroatoms. The Morgan fingerprint density at radius 3 is 2.56 bits per heavy atom. The van der Waals surface area contributed by atoms with Gasteiger partial charge in [0.05, 0.1) is 5.69 Å². The third-order valence-corrected chi connectivity index (χ3v) is 5.33. The Hall–Kier alpha value is -2.56. The van der Waals surface area contributed by atoms with Crippen molar-refractivity contribution in [1.29, 1.82) is 0 Å². The first-order chi connectivity index (χ1) is 12.3. The highest BCUT2D eigenvalue weighted by Gasteiger charge is 2.28. The van der Waals surface area contributed by atoms with E-state index in [1.54, 1.807) is 0 Å².